The number of nitrogens with zero attached hydrogens (tertiary/aromatic N) is 4. The Bertz CT molecular complexity index is 950. The number of carbonyl (C=O) groups is 1. The summed E-state index contributed by atoms with van der Waals surface area (Å²) in [6.45, 7) is 8.15. The smallest absolute Gasteiger partial charge is 0.287 e. The lowest BCUT2D eigenvalue weighted by atomic mass is 10.2. The first kappa shape index (κ1) is 21.3. The molecule has 158 valence electrons. The summed E-state index contributed by atoms with van der Waals surface area (Å²) in [6, 6.07) is 9.16. The van der Waals surface area contributed by atoms with Gasteiger partial charge in [-0.3, -0.25) is 14.9 Å². The Balaban J connectivity index is 1.58. The Morgan fingerprint density at radius 1 is 1.23 bits per heavy atom. The van der Waals surface area contributed by atoms with Gasteiger partial charge in [-0.1, -0.05) is 12.1 Å². The zero-order valence-corrected chi connectivity index (χ0v) is 17.4. The fraction of sp³-hybridized carbons (Fsp3) is 0.364. The van der Waals surface area contributed by atoms with E-state index in [2.05, 4.69) is 9.88 Å². The van der Waals surface area contributed by atoms with E-state index >= 15 is 0 Å². The van der Waals surface area contributed by atoms with Crippen molar-refractivity contribution in [1.82, 2.24) is 9.88 Å². The third-order valence-electron chi connectivity index (χ3n) is 4.79. The summed E-state index contributed by atoms with van der Waals surface area (Å²) >= 11 is 0. The monoisotopic (exact) mass is 410 g/mol. The third-order valence-corrected chi connectivity index (χ3v) is 4.79. The number of benzene rings is 1. The number of aromatic nitrogens is 1. The van der Waals surface area contributed by atoms with Gasteiger partial charge < -0.3 is 14.5 Å². The maximum Gasteiger partial charge on any atom is 0.287 e. The van der Waals surface area contributed by atoms with Crippen LogP contribution in [0.15, 0.2) is 42.6 Å². The molecule has 0 aliphatic carbocycles. The van der Waals surface area contributed by atoms with E-state index in [0.717, 1.165) is 22.7 Å². The molecule has 8 heteroatoms. The lowest BCUT2D eigenvalue weighted by Gasteiger charge is -2.35. The Hall–Kier alpha value is -3.42. The van der Waals surface area contributed by atoms with Crippen molar-refractivity contribution in [3.8, 4) is 5.75 Å². The Kier molecular flexibility index (Phi) is 6.66. The number of carbonyl (C=O) groups excluding carboxylic acids is 1. The Morgan fingerprint density at radius 3 is 2.60 bits per heavy atom. The van der Waals surface area contributed by atoms with E-state index in [1.807, 2.05) is 45.0 Å². The number of ether oxygens (including phenoxy) is 1. The van der Waals surface area contributed by atoms with Gasteiger partial charge in [-0.05, 0) is 50.1 Å². The second-order valence-electron chi connectivity index (χ2n) is 7.48. The van der Waals surface area contributed by atoms with Crippen LogP contribution in [0.1, 0.15) is 25.0 Å². The van der Waals surface area contributed by atoms with Crippen LogP contribution in [0, 0.1) is 17.0 Å². The molecule has 2 heterocycles. The van der Waals surface area contributed by atoms with E-state index in [1.165, 1.54) is 12.3 Å². The quantitative estimate of drug-likeness (QED) is 0.412. The van der Waals surface area contributed by atoms with Gasteiger partial charge in [0.25, 0.3) is 5.69 Å². The van der Waals surface area contributed by atoms with E-state index < -0.39 is 4.92 Å². The standard InChI is InChI=1S/C22H26N4O4/c1-16(2)30-20-6-4-5-18(14-20)7-8-21(27)24-9-11-25(12-10-24)22-17(3)13-19(15-23-22)26(28)29/h4-8,13-16H,9-12H2,1-3H3/b8-7+. The summed E-state index contributed by atoms with van der Waals surface area (Å²) in [5, 5.41) is 10.9. The van der Waals surface area contributed by atoms with Gasteiger partial charge in [0.15, 0.2) is 0 Å². The SMILES string of the molecule is Cc1cc([N+](=O)[O-])cnc1N1CCN(C(=O)/C=C/c2cccc(OC(C)C)c2)CC1. The summed E-state index contributed by atoms with van der Waals surface area (Å²) in [6.07, 6.45) is 4.75. The highest BCUT2D eigenvalue weighted by Crippen LogP contribution is 2.23. The summed E-state index contributed by atoms with van der Waals surface area (Å²) in [5.74, 6) is 1.46. The lowest BCUT2D eigenvalue weighted by molar-refractivity contribution is -0.385. The minimum Gasteiger partial charge on any atom is -0.491 e. The average Bonchev–Trinajstić information content (AvgIpc) is 2.72. The molecule has 0 bridgehead atoms. The predicted octanol–water partition coefficient (Wildman–Crippen LogP) is 3.45. The van der Waals surface area contributed by atoms with Gasteiger partial charge in [0.05, 0.1) is 11.0 Å². The van der Waals surface area contributed by atoms with Crippen molar-refractivity contribution in [2.24, 2.45) is 0 Å². The summed E-state index contributed by atoms with van der Waals surface area (Å²) in [7, 11) is 0. The Morgan fingerprint density at radius 2 is 1.97 bits per heavy atom. The highest BCUT2D eigenvalue weighted by Gasteiger charge is 2.22. The van der Waals surface area contributed by atoms with E-state index in [4.69, 9.17) is 4.74 Å². The highest BCUT2D eigenvalue weighted by atomic mass is 16.6. The van der Waals surface area contributed by atoms with Crippen molar-refractivity contribution < 1.29 is 14.5 Å². The molecule has 1 aliphatic heterocycles. The number of anilines is 1. The minimum absolute atomic E-state index is 0.0157. The molecule has 30 heavy (non-hydrogen) atoms. The molecule has 1 fully saturated rings. The zero-order chi connectivity index (χ0) is 21.7. The Labute approximate surface area is 175 Å². The molecule has 3 rings (SSSR count). The molecule has 0 spiro atoms. The fourth-order valence-electron chi connectivity index (χ4n) is 3.36. The predicted molar refractivity (Wildman–Crippen MR) is 116 cm³/mol. The molecule has 1 aromatic carbocycles. The van der Waals surface area contributed by atoms with Crippen LogP contribution in [-0.4, -0.2) is 53.0 Å². The van der Waals surface area contributed by atoms with Gasteiger partial charge >= 0.3 is 0 Å². The molecule has 2 aromatic rings. The number of hydrogen-bond acceptors (Lipinski definition) is 6. The van der Waals surface area contributed by atoms with E-state index in [0.29, 0.717) is 26.2 Å². The zero-order valence-electron chi connectivity index (χ0n) is 17.4. The molecule has 0 radical (unpaired) electrons. The molecule has 1 amide bonds. The largest absolute Gasteiger partial charge is 0.491 e. The minimum atomic E-state index is -0.447. The van der Waals surface area contributed by atoms with E-state index in [-0.39, 0.29) is 17.7 Å². The number of amides is 1. The summed E-state index contributed by atoms with van der Waals surface area (Å²) in [5.41, 5.74) is 1.65. The van der Waals surface area contributed by atoms with Crippen LogP contribution in [0.2, 0.25) is 0 Å². The molecular formula is C22H26N4O4. The summed E-state index contributed by atoms with van der Waals surface area (Å²) < 4.78 is 5.68. The van der Waals surface area contributed by atoms with E-state index in [9.17, 15) is 14.9 Å². The van der Waals surface area contributed by atoms with Crippen LogP contribution >= 0.6 is 0 Å². The van der Waals surface area contributed by atoms with Crippen LogP contribution in [-0.2, 0) is 4.79 Å². The van der Waals surface area contributed by atoms with Crippen molar-refractivity contribution in [1.29, 1.82) is 0 Å². The van der Waals surface area contributed by atoms with Crippen molar-refractivity contribution in [3.63, 3.8) is 0 Å². The molecule has 1 saturated heterocycles. The molecule has 0 unspecified atom stereocenters. The topological polar surface area (TPSA) is 88.8 Å². The van der Waals surface area contributed by atoms with Crippen LogP contribution in [0.25, 0.3) is 6.08 Å². The van der Waals surface area contributed by atoms with Gasteiger partial charge in [-0.15, -0.1) is 0 Å². The normalized spacial score (nSPS) is 14.4. The molecule has 0 atom stereocenters. The van der Waals surface area contributed by atoms with Crippen molar-refractivity contribution in [2.45, 2.75) is 26.9 Å². The van der Waals surface area contributed by atoms with Crippen LogP contribution in [0.4, 0.5) is 11.5 Å². The first-order chi connectivity index (χ1) is 14.3. The van der Waals surface area contributed by atoms with Crippen LogP contribution in [0.3, 0.4) is 0 Å². The average molecular weight is 410 g/mol. The van der Waals surface area contributed by atoms with Crippen molar-refractivity contribution in [2.75, 3.05) is 31.1 Å². The molecule has 0 saturated carbocycles. The highest BCUT2D eigenvalue weighted by molar-refractivity contribution is 5.92. The van der Waals surface area contributed by atoms with Gasteiger partial charge in [0.1, 0.15) is 17.8 Å². The van der Waals surface area contributed by atoms with Gasteiger partial charge in [-0.2, -0.15) is 0 Å². The maximum atomic E-state index is 12.6. The maximum absolute atomic E-state index is 12.6. The third kappa shape index (κ3) is 5.34. The second-order valence-corrected chi connectivity index (χ2v) is 7.48. The number of hydrogen-bond donors (Lipinski definition) is 0. The molecule has 0 N–H and O–H groups in total. The molecule has 8 nitrogen and oxygen atoms in total. The number of piperazine rings is 1. The van der Waals surface area contributed by atoms with E-state index in [1.54, 1.807) is 17.1 Å². The van der Waals surface area contributed by atoms with Gasteiger partial charge in [0, 0.05) is 38.3 Å². The molecule has 1 aliphatic rings. The first-order valence-electron chi connectivity index (χ1n) is 9.93. The number of rotatable bonds is 6. The van der Waals surface area contributed by atoms with Crippen molar-refractivity contribution in [3.05, 3.63) is 63.8 Å². The molecule has 1 aromatic heterocycles. The number of nitro groups is 1. The number of aryl methyl sites for hydroxylation is 1. The van der Waals surface area contributed by atoms with Gasteiger partial charge in [0.2, 0.25) is 5.91 Å². The lowest BCUT2D eigenvalue weighted by Crippen LogP contribution is -2.48. The van der Waals surface area contributed by atoms with Crippen LogP contribution in [0.5, 0.6) is 5.75 Å². The molecular weight excluding hydrogens is 384 g/mol. The van der Waals surface area contributed by atoms with Crippen LogP contribution < -0.4 is 9.64 Å². The fourth-order valence-corrected chi connectivity index (χ4v) is 3.36. The van der Waals surface area contributed by atoms with Crippen molar-refractivity contribution >= 4 is 23.5 Å². The second kappa shape index (κ2) is 9.39. The number of pyridine rings is 1. The van der Waals surface area contributed by atoms with Gasteiger partial charge in [-0.25, -0.2) is 4.98 Å². The first-order valence-corrected chi connectivity index (χ1v) is 9.93. The summed E-state index contributed by atoms with van der Waals surface area (Å²) in [4.78, 5) is 31.1.